The Labute approximate surface area is 66.1 Å². The molecule has 3 heteroatoms. The van der Waals surface area contributed by atoms with Crippen molar-refractivity contribution in [3.8, 4) is 0 Å². The second-order valence-electron chi connectivity index (χ2n) is 2.03. The highest BCUT2D eigenvalue weighted by molar-refractivity contribution is 5.48. The smallest absolute Gasteiger partial charge is 0.145 e. The molecule has 3 nitrogen and oxygen atoms in total. The Bertz CT molecular complexity index is 247. The number of nitrogens with zero attached hydrogens (tertiary/aromatic N) is 2. The second-order valence-corrected chi connectivity index (χ2v) is 2.03. The first-order chi connectivity index (χ1) is 5.31. The topological polar surface area (TPSA) is 29.9 Å². The molecule has 0 aliphatic rings. The highest BCUT2D eigenvalue weighted by Gasteiger charge is 1.98. The van der Waals surface area contributed by atoms with Crippen molar-refractivity contribution in [1.29, 1.82) is 0 Å². The predicted octanol–water partition coefficient (Wildman–Crippen LogP) is 1.67. The quantitative estimate of drug-likeness (QED) is 0.708. The van der Waals surface area contributed by atoms with Gasteiger partial charge in [0.05, 0.1) is 6.20 Å². The maximum atomic E-state index is 4.18. The van der Waals surface area contributed by atoms with Crippen LogP contribution < -0.4 is 5.32 Å². The third-order valence-electron chi connectivity index (χ3n) is 1.40. The summed E-state index contributed by atoms with van der Waals surface area (Å²) in [5.74, 6) is 1.61. The molecule has 0 radical (unpaired) electrons. The molecule has 0 saturated heterocycles. The van der Waals surface area contributed by atoms with Crippen molar-refractivity contribution in [2.75, 3.05) is 12.4 Å². The van der Waals surface area contributed by atoms with Gasteiger partial charge in [0.15, 0.2) is 0 Å². The molecule has 0 unspecified atom stereocenters. The zero-order chi connectivity index (χ0) is 8.27. The molecule has 0 saturated carbocycles. The Kier molecular flexibility index (Phi) is 2.11. The van der Waals surface area contributed by atoms with E-state index in [1.54, 1.807) is 16.8 Å². The van der Waals surface area contributed by atoms with Gasteiger partial charge in [0.25, 0.3) is 0 Å². The summed E-state index contributed by atoms with van der Waals surface area (Å²) in [6, 6.07) is 0. The van der Waals surface area contributed by atoms with Gasteiger partial charge in [-0.15, -0.1) is 0 Å². The van der Waals surface area contributed by atoms with Gasteiger partial charge in [0.1, 0.15) is 11.6 Å². The minimum atomic E-state index is 0.796. The molecule has 1 aromatic rings. The molecule has 1 N–H and O–H groups in total. The molecule has 0 aromatic carbocycles. The Balaban J connectivity index is 3.11. The highest BCUT2D eigenvalue weighted by Crippen LogP contribution is 2.08. The molecule has 0 fully saturated rings. The number of nitrogens with one attached hydrogen (secondary N) is 1. The first kappa shape index (κ1) is 7.60. The highest BCUT2D eigenvalue weighted by atomic mass is 15.1. The van der Waals surface area contributed by atoms with E-state index in [1.165, 1.54) is 0 Å². The average Bonchev–Trinajstić information content (AvgIpc) is 2.46. The molecular weight excluding hydrogens is 138 g/mol. The number of aromatic nitrogens is 2. The standard InChI is InChI=1S/C8H11N3/c1-4-8-10-7(9-3)6-11(8)5-2/h4-6,9H,1-2H2,3H3. The lowest BCUT2D eigenvalue weighted by Crippen LogP contribution is -1.86. The van der Waals surface area contributed by atoms with E-state index in [-0.39, 0.29) is 0 Å². The summed E-state index contributed by atoms with van der Waals surface area (Å²) in [4.78, 5) is 4.18. The maximum Gasteiger partial charge on any atom is 0.145 e. The van der Waals surface area contributed by atoms with Gasteiger partial charge >= 0.3 is 0 Å². The second kappa shape index (κ2) is 3.05. The van der Waals surface area contributed by atoms with Gasteiger partial charge in [-0.2, -0.15) is 0 Å². The number of anilines is 1. The van der Waals surface area contributed by atoms with Gasteiger partial charge < -0.3 is 9.88 Å². The van der Waals surface area contributed by atoms with E-state index < -0.39 is 0 Å². The fourth-order valence-corrected chi connectivity index (χ4v) is 0.826. The lowest BCUT2D eigenvalue weighted by Gasteiger charge is -1.91. The number of imidazole rings is 1. The van der Waals surface area contributed by atoms with Crippen molar-refractivity contribution in [3.05, 3.63) is 25.2 Å². The van der Waals surface area contributed by atoms with Crippen molar-refractivity contribution in [2.45, 2.75) is 0 Å². The van der Waals surface area contributed by atoms with Crippen molar-refractivity contribution in [2.24, 2.45) is 0 Å². The normalized spacial score (nSPS) is 9.18. The summed E-state index contributed by atoms with van der Waals surface area (Å²) in [6.07, 6.45) is 5.22. The number of rotatable bonds is 3. The minimum Gasteiger partial charge on any atom is -0.372 e. The molecule has 0 bridgehead atoms. The molecule has 1 rings (SSSR count). The Hall–Kier alpha value is -1.51. The average molecular weight is 149 g/mol. The van der Waals surface area contributed by atoms with Crippen LogP contribution in [-0.4, -0.2) is 16.6 Å². The van der Waals surface area contributed by atoms with Crippen LogP contribution in [0.25, 0.3) is 12.3 Å². The lowest BCUT2D eigenvalue weighted by molar-refractivity contribution is 1.11. The lowest BCUT2D eigenvalue weighted by atomic mass is 10.6. The molecule has 1 heterocycles. The van der Waals surface area contributed by atoms with Crippen LogP contribution in [0.4, 0.5) is 5.82 Å². The van der Waals surface area contributed by atoms with Gasteiger partial charge in [-0.3, -0.25) is 0 Å². The largest absolute Gasteiger partial charge is 0.372 e. The molecular formula is C8H11N3. The molecule has 0 atom stereocenters. The Morgan fingerprint density at radius 3 is 2.73 bits per heavy atom. The summed E-state index contributed by atoms with van der Waals surface area (Å²) >= 11 is 0. The van der Waals surface area contributed by atoms with Crippen LogP contribution in [0.15, 0.2) is 19.4 Å². The van der Waals surface area contributed by atoms with Crippen LogP contribution in [0.2, 0.25) is 0 Å². The molecule has 58 valence electrons. The van der Waals surface area contributed by atoms with E-state index >= 15 is 0 Å². The fourth-order valence-electron chi connectivity index (χ4n) is 0.826. The minimum absolute atomic E-state index is 0.796. The van der Waals surface area contributed by atoms with Gasteiger partial charge in [0, 0.05) is 13.2 Å². The fraction of sp³-hybridized carbons (Fsp3) is 0.125. The van der Waals surface area contributed by atoms with E-state index in [4.69, 9.17) is 0 Å². The van der Waals surface area contributed by atoms with Crippen molar-refractivity contribution >= 4 is 18.1 Å². The zero-order valence-corrected chi connectivity index (χ0v) is 6.54. The molecule has 0 aliphatic carbocycles. The van der Waals surface area contributed by atoms with E-state index in [0.29, 0.717) is 0 Å². The van der Waals surface area contributed by atoms with E-state index in [9.17, 15) is 0 Å². The van der Waals surface area contributed by atoms with Crippen molar-refractivity contribution in [3.63, 3.8) is 0 Å². The zero-order valence-electron chi connectivity index (χ0n) is 6.54. The Morgan fingerprint density at radius 2 is 2.36 bits per heavy atom. The van der Waals surface area contributed by atoms with Crippen LogP contribution in [0, 0.1) is 0 Å². The van der Waals surface area contributed by atoms with Crippen LogP contribution in [0.3, 0.4) is 0 Å². The molecule has 11 heavy (non-hydrogen) atoms. The predicted molar refractivity (Wildman–Crippen MR) is 48.3 cm³/mol. The van der Waals surface area contributed by atoms with Gasteiger partial charge in [-0.25, -0.2) is 4.98 Å². The van der Waals surface area contributed by atoms with Crippen LogP contribution in [0.1, 0.15) is 5.82 Å². The summed E-state index contributed by atoms with van der Waals surface area (Å²) in [7, 11) is 1.82. The number of hydrogen-bond donors (Lipinski definition) is 1. The van der Waals surface area contributed by atoms with Crippen molar-refractivity contribution in [1.82, 2.24) is 9.55 Å². The summed E-state index contributed by atoms with van der Waals surface area (Å²) < 4.78 is 1.80. The Morgan fingerprint density at radius 1 is 1.64 bits per heavy atom. The van der Waals surface area contributed by atoms with Crippen molar-refractivity contribution < 1.29 is 0 Å². The summed E-state index contributed by atoms with van der Waals surface area (Å²) in [5.41, 5.74) is 0. The van der Waals surface area contributed by atoms with Gasteiger partial charge in [0.2, 0.25) is 0 Å². The van der Waals surface area contributed by atoms with Gasteiger partial charge in [-0.05, 0) is 6.08 Å². The summed E-state index contributed by atoms with van der Waals surface area (Å²) in [5, 5.41) is 2.93. The number of hydrogen-bond acceptors (Lipinski definition) is 2. The SMILES string of the molecule is C=Cc1nc(NC)cn1C=C. The maximum absolute atomic E-state index is 4.18. The van der Waals surface area contributed by atoms with E-state index in [1.807, 2.05) is 13.2 Å². The third kappa shape index (κ3) is 1.32. The van der Waals surface area contributed by atoms with Crippen LogP contribution >= 0.6 is 0 Å². The monoisotopic (exact) mass is 149 g/mol. The van der Waals surface area contributed by atoms with Gasteiger partial charge in [-0.1, -0.05) is 13.2 Å². The van der Waals surface area contributed by atoms with Crippen LogP contribution in [-0.2, 0) is 0 Å². The third-order valence-corrected chi connectivity index (χ3v) is 1.40. The first-order valence-corrected chi connectivity index (χ1v) is 3.33. The molecule has 1 aromatic heterocycles. The first-order valence-electron chi connectivity index (χ1n) is 3.33. The molecule has 0 aliphatic heterocycles. The van der Waals surface area contributed by atoms with Crippen LogP contribution in [0.5, 0.6) is 0 Å². The van der Waals surface area contributed by atoms with E-state index in [0.717, 1.165) is 11.6 Å². The van der Waals surface area contributed by atoms with E-state index in [2.05, 4.69) is 23.5 Å². The molecule has 0 spiro atoms. The summed E-state index contributed by atoms with van der Waals surface area (Å²) in [6.45, 7) is 7.26. The molecule has 0 amide bonds.